The molecule has 0 fully saturated rings. The fourth-order valence-corrected chi connectivity index (χ4v) is 4.13. The number of benzene rings is 2. The molecule has 2 atom stereocenters. The topological polar surface area (TPSA) is 61.8 Å². The van der Waals surface area contributed by atoms with Gasteiger partial charge in [-0.2, -0.15) is 0 Å². The second-order valence-corrected chi connectivity index (χ2v) is 9.05. The molecule has 30 heavy (non-hydrogen) atoms. The summed E-state index contributed by atoms with van der Waals surface area (Å²) in [6.45, 7) is 5.45. The van der Waals surface area contributed by atoms with Gasteiger partial charge in [-0.1, -0.05) is 41.9 Å². The zero-order chi connectivity index (χ0) is 21.9. The molecule has 0 N–H and O–H groups in total. The number of esters is 2. The Morgan fingerprint density at radius 2 is 1.87 bits per heavy atom. The summed E-state index contributed by atoms with van der Waals surface area (Å²) in [4.78, 5) is 25.7. The van der Waals surface area contributed by atoms with E-state index in [2.05, 4.69) is 0 Å². The van der Waals surface area contributed by atoms with Crippen molar-refractivity contribution in [3.05, 3.63) is 64.7 Å². The van der Waals surface area contributed by atoms with Crippen LogP contribution in [0.1, 0.15) is 44.7 Å². The van der Waals surface area contributed by atoms with Gasteiger partial charge in [0.2, 0.25) is 0 Å². The predicted octanol–water partition coefficient (Wildman–Crippen LogP) is 4.88. The third kappa shape index (κ3) is 4.96. The quantitative estimate of drug-likeness (QED) is 0.633. The second-order valence-electron chi connectivity index (χ2n) is 8.61. The molecular formula is C24H27ClO5. The molecule has 1 heterocycles. The number of halogens is 1. The number of carbonyl (C=O) groups excluding carboxylic acids is 2. The molecule has 0 spiro atoms. The lowest BCUT2D eigenvalue weighted by molar-refractivity contribution is -0.159. The highest BCUT2D eigenvalue weighted by Gasteiger charge is 2.49. The van der Waals surface area contributed by atoms with E-state index < -0.39 is 17.1 Å². The highest BCUT2D eigenvalue weighted by Crippen LogP contribution is 2.46. The molecule has 0 aliphatic carbocycles. The Morgan fingerprint density at radius 3 is 2.50 bits per heavy atom. The largest absolute Gasteiger partial charge is 0.489 e. The lowest BCUT2D eigenvalue weighted by atomic mass is 9.69. The Balaban J connectivity index is 2.02. The SMILES string of the molecule is COC(=O)[C@]1(Cc2ccccc2)C[C@@H](CC(=O)OC(C)(C)C)Oc2ccc(Cl)cc21. The Labute approximate surface area is 182 Å². The van der Waals surface area contributed by atoms with E-state index in [9.17, 15) is 9.59 Å². The molecule has 0 saturated carbocycles. The normalized spacial score (nSPS) is 20.6. The Kier molecular flexibility index (Phi) is 6.41. The minimum Gasteiger partial charge on any atom is -0.489 e. The molecule has 0 amide bonds. The van der Waals surface area contributed by atoms with E-state index >= 15 is 0 Å². The molecular weight excluding hydrogens is 404 g/mol. The first-order chi connectivity index (χ1) is 14.1. The maximum absolute atomic E-state index is 13.2. The van der Waals surface area contributed by atoms with Crippen LogP contribution in [0.15, 0.2) is 48.5 Å². The molecule has 0 unspecified atom stereocenters. The number of rotatable bonds is 5. The summed E-state index contributed by atoms with van der Waals surface area (Å²) in [7, 11) is 1.37. The van der Waals surface area contributed by atoms with E-state index in [1.807, 2.05) is 51.1 Å². The van der Waals surface area contributed by atoms with Gasteiger partial charge in [0.15, 0.2) is 0 Å². The average Bonchev–Trinajstić information content (AvgIpc) is 2.67. The van der Waals surface area contributed by atoms with Crippen LogP contribution in [-0.4, -0.2) is 30.8 Å². The van der Waals surface area contributed by atoms with Crippen molar-refractivity contribution in [1.82, 2.24) is 0 Å². The molecule has 2 aromatic carbocycles. The van der Waals surface area contributed by atoms with Gasteiger partial charge in [0, 0.05) is 17.0 Å². The van der Waals surface area contributed by atoms with Crippen LogP contribution in [0, 0.1) is 0 Å². The summed E-state index contributed by atoms with van der Waals surface area (Å²) in [5.74, 6) is -0.226. The minimum atomic E-state index is -1.03. The molecule has 2 aromatic rings. The van der Waals surface area contributed by atoms with E-state index in [1.165, 1.54) is 7.11 Å². The van der Waals surface area contributed by atoms with E-state index in [1.54, 1.807) is 18.2 Å². The predicted molar refractivity (Wildman–Crippen MR) is 115 cm³/mol. The number of fused-ring (bicyclic) bond motifs is 1. The molecule has 5 nitrogen and oxygen atoms in total. The van der Waals surface area contributed by atoms with Crippen molar-refractivity contribution in [2.45, 2.75) is 57.2 Å². The fraction of sp³-hybridized carbons (Fsp3) is 0.417. The number of hydrogen-bond acceptors (Lipinski definition) is 5. The standard InChI is InChI=1S/C24H27ClO5/c1-23(2,3)30-21(26)13-18-15-24(22(27)28-4,14-16-8-6-5-7-9-16)19-12-17(25)10-11-20(19)29-18/h5-12,18H,13-15H2,1-4H3/t18-,24-/m1/s1. The molecule has 0 aromatic heterocycles. The van der Waals surface area contributed by atoms with Crippen molar-refractivity contribution >= 4 is 23.5 Å². The van der Waals surface area contributed by atoms with Crippen LogP contribution < -0.4 is 4.74 Å². The number of hydrogen-bond donors (Lipinski definition) is 0. The summed E-state index contributed by atoms with van der Waals surface area (Å²) in [6, 6.07) is 14.9. The number of ether oxygens (including phenoxy) is 3. The van der Waals surface area contributed by atoms with Crippen LogP contribution in [0.2, 0.25) is 5.02 Å². The molecule has 160 valence electrons. The van der Waals surface area contributed by atoms with E-state index in [0.717, 1.165) is 5.56 Å². The van der Waals surface area contributed by atoms with Gasteiger partial charge in [-0.3, -0.25) is 9.59 Å². The smallest absolute Gasteiger partial charge is 0.316 e. The first-order valence-electron chi connectivity index (χ1n) is 9.94. The summed E-state index contributed by atoms with van der Waals surface area (Å²) in [5.41, 5.74) is 0.0277. The van der Waals surface area contributed by atoms with Crippen LogP contribution in [0.3, 0.4) is 0 Å². The van der Waals surface area contributed by atoms with Crippen LogP contribution >= 0.6 is 11.6 Å². The summed E-state index contributed by atoms with van der Waals surface area (Å²) >= 11 is 6.27. The summed E-state index contributed by atoms with van der Waals surface area (Å²) < 4.78 is 16.8. The van der Waals surface area contributed by atoms with E-state index in [4.69, 9.17) is 25.8 Å². The molecule has 0 saturated heterocycles. The molecule has 6 heteroatoms. The van der Waals surface area contributed by atoms with Crippen molar-refractivity contribution < 1.29 is 23.8 Å². The molecule has 1 aliphatic heterocycles. The zero-order valence-corrected chi connectivity index (χ0v) is 18.5. The van der Waals surface area contributed by atoms with E-state index in [-0.39, 0.29) is 24.8 Å². The summed E-state index contributed by atoms with van der Waals surface area (Å²) in [6.07, 6.45) is 0.187. The second kappa shape index (κ2) is 8.68. The lowest BCUT2D eigenvalue weighted by Gasteiger charge is -2.40. The van der Waals surface area contributed by atoms with Crippen LogP contribution in [0.25, 0.3) is 0 Å². The van der Waals surface area contributed by atoms with Gasteiger partial charge in [0.05, 0.1) is 13.5 Å². The Bertz CT molecular complexity index is 919. The average molecular weight is 431 g/mol. The van der Waals surface area contributed by atoms with Crippen LogP contribution in [-0.2, 0) is 30.9 Å². The lowest BCUT2D eigenvalue weighted by Crippen LogP contribution is -2.47. The number of carbonyl (C=O) groups is 2. The van der Waals surface area contributed by atoms with Crippen molar-refractivity contribution in [3.8, 4) is 5.75 Å². The highest BCUT2D eigenvalue weighted by molar-refractivity contribution is 6.30. The van der Waals surface area contributed by atoms with Crippen LogP contribution in [0.4, 0.5) is 0 Å². The highest BCUT2D eigenvalue weighted by atomic mass is 35.5. The van der Waals surface area contributed by atoms with Crippen LogP contribution in [0.5, 0.6) is 5.75 Å². The van der Waals surface area contributed by atoms with Gasteiger partial charge in [-0.25, -0.2) is 0 Å². The maximum Gasteiger partial charge on any atom is 0.316 e. The van der Waals surface area contributed by atoms with Gasteiger partial charge >= 0.3 is 11.9 Å². The minimum absolute atomic E-state index is 0.0346. The third-order valence-corrected chi connectivity index (χ3v) is 5.30. The fourth-order valence-electron chi connectivity index (χ4n) is 3.95. The molecule has 0 bridgehead atoms. The third-order valence-electron chi connectivity index (χ3n) is 5.07. The zero-order valence-electron chi connectivity index (χ0n) is 17.7. The monoisotopic (exact) mass is 430 g/mol. The van der Waals surface area contributed by atoms with E-state index in [0.29, 0.717) is 22.8 Å². The van der Waals surface area contributed by atoms with Gasteiger partial charge in [-0.05, 0) is 51.0 Å². The molecule has 3 rings (SSSR count). The Hall–Kier alpha value is -2.53. The number of methoxy groups -OCH3 is 1. The van der Waals surface area contributed by atoms with Crippen molar-refractivity contribution in [2.75, 3.05) is 7.11 Å². The Morgan fingerprint density at radius 1 is 1.17 bits per heavy atom. The maximum atomic E-state index is 13.2. The first kappa shape index (κ1) is 22.2. The van der Waals surface area contributed by atoms with Crippen molar-refractivity contribution in [1.29, 1.82) is 0 Å². The van der Waals surface area contributed by atoms with Gasteiger partial charge in [0.25, 0.3) is 0 Å². The molecule has 0 radical (unpaired) electrons. The molecule has 1 aliphatic rings. The van der Waals surface area contributed by atoms with Crippen molar-refractivity contribution in [3.63, 3.8) is 0 Å². The summed E-state index contributed by atoms with van der Waals surface area (Å²) in [5, 5.41) is 0.504. The van der Waals surface area contributed by atoms with Gasteiger partial charge < -0.3 is 14.2 Å². The van der Waals surface area contributed by atoms with Gasteiger partial charge in [-0.15, -0.1) is 0 Å². The van der Waals surface area contributed by atoms with Crippen molar-refractivity contribution in [2.24, 2.45) is 0 Å². The first-order valence-corrected chi connectivity index (χ1v) is 10.3. The van der Waals surface area contributed by atoms with Gasteiger partial charge in [0.1, 0.15) is 22.9 Å².